The summed E-state index contributed by atoms with van der Waals surface area (Å²) in [5.41, 5.74) is 8.22. The minimum absolute atomic E-state index is 0.239. The Bertz CT molecular complexity index is 957. The molecule has 160 valence electrons. The van der Waals surface area contributed by atoms with E-state index >= 15 is 0 Å². The lowest BCUT2D eigenvalue weighted by Crippen LogP contribution is -2.44. The molecule has 2 aromatic rings. The zero-order valence-electron chi connectivity index (χ0n) is 15.7. The molecule has 1 aliphatic carbocycles. The molecule has 3 rings (SSSR count). The quantitative estimate of drug-likeness (QED) is 0.172. The predicted molar refractivity (Wildman–Crippen MR) is 103 cm³/mol. The molecule has 4 nitrogen and oxygen atoms in total. The second-order valence-corrected chi connectivity index (χ2v) is 7.28. The highest BCUT2D eigenvalue weighted by Crippen LogP contribution is 2.43. The number of pyridine rings is 1. The van der Waals surface area contributed by atoms with Gasteiger partial charge in [0.1, 0.15) is 6.61 Å². The van der Waals surface area contributed by atoms with E-state index in [1.165, 1.54) is 6.20 Å². The van der Waals surface area contributed by atoms with Crippen LogP contribution in [-0.2, 0) is 16.9 Å². The van der Waals surface area contributed by atoms with E-state index in [0.29, 0.717) is 12.8 Å². The fraction of sp³-hybridized carbons (Fsp3) is 0.300. The molecule has 0 spiro atoms. The highest BCUT2D eigenvalue weighted by Gasteiger charge is 2.41. The zero-order valence-corrected chi connectivity index (χ0v) is 16.5. The van der Waals surface area contributed by atoms with E-state index in [-0.39, 0.29) is 4.99 Å². The highest BCUT2D eigenvalue weighted by molar-refractivity contribution is 7.80. The Morgan fingerprint density at radius 2 is 1.80 bits per heavy atom. The fourth-order valence-electron chi connectivity index (χ4n) is 3.65. The minimum Gasteiger partial charge on any atom is -0.392 e. The summed E-state index contributed by atoms with van der Waals surface area (Å²) in [5, 5.41) is 0. The number of rotatable bonds is 6. The number of aromatic nitrogens is 1. The lowest BCUT2D eigenvalue weighted by Gasteiger charge is -2.39. The summed E-state index contributed by atoms with van der Waals surface area (Å²) < 4.78 is 67.2. The average molecular weight is 443 g/mol. The molecular weight excluding hydrogens is 425 g/mol. The molecule has 1 atom stereocenters. The molecule has 0 saturated heterocycles. The highest BCUT2D eigenvalue weighted by atomic mass is 32.1. The Morgan fingerprint density at radius 3 is 2.40 bits per heavy atom. The summed E-state index contributed by atoms with van der Waals surface area (Å²) >= 11 is 5.34. The molecule has 3 N–H and O–H groups in total. The number of hydrogen-bond acceptors (Lipinski definition) is 4. The molecular formula is C20H18F5N3OS. The van der Waals surface area contributed by atoms with E-state index < -0.39 is 46.7 Å². The molecule has 1 saturated carbocycles. The summed E-state index contributed by atoms with van der Waals surface area (Å²) in [6.07, 6.45) is 7.72. The van der Waals surface area contributed by atoms with Crippen LogP contribution in [0.3, 0.4) is 0 Å². The van der Waals surface area contributed by atoms with Crippen LogP contribution in [0.2, 0.25) is 0 Å². The first-order valence-electron chi connectivity index (χ1n) is 9.08. The van der Waals surface area contributed by atoms with Crippen molar-refractivity contribution in [3.8, 4) is 0 Å². The smallest absolute Gasteiger partial charge is 0.200 e. The van der Waals surface area contributed by atoms with E-state index in [0.717, 1.165) is 24.0 Å². The summed E-state index contributed by atoms with van der Waals surface area (Å²) in [5.74, 6) is -10.1. The third-order valence-electron chi connectivity index (χ3n) is 5.20. The minimum atomic E-state index is -2.22. The van der Waals surface area contributed by atoms with Crippen molar-refractivity contribution in [2.75, 3.05) is 0 Å². The van der Waals surface area contributed by atoms with E-state index in [1.807, 2.05) is 6.07 Å². The van der Waals surface area contributed by atoms with E-state index in [1.54, 1.807) is 18.5 Å². The Kier molecular flexibility index (Phi) is 6.67. The summed E-state index contributed by atoms with van der Waals surface area (Å²) in [6.45, 7) is -0.886. The number of benzene rings is 1. The summed E-state index contributed by atoms with van der Waals surface area (Å²) in [6, 6.07) is 3.61. The Balaban J connectivity index is 1.82. The fourth-order valence-corrected chi connectivity index (χ4v) is 4.00. The van der Waals surface area contributed by atoms with Crippen LogP contribution < -0.4 is 11.2 Å². The first kappa shape index (κ1) is 22.1. The van der Waals surface area contributed by atoms with Crippen LogP contribution in [0.4, 0.5) is 22.0 Å². The van der Waals surface area contributed by atoms with Gasteiger partial charge in [0, 0.05) is 18.6 Å². The van der Waals surface area contributed by atoms with Gasteiger partial charge in [-0.25, -0.2) is 22.0 Å². The van der Waals surface area contributed by atoms with Crippen LogP contribution in [0, 0.1) is 29.1 Å². The number of hydroxylamine groups is 1. The number of halogens is 5. The van der Waals surface area contributed by atoms with Gasteiger partial charge < -0.3 is 5.73 Å². The van der Waals surface area contributed by atoms with Gasteiger partial charge in [0.25, 0.3) is 0 Å². The van der Waals surface area contributed by atoms with Crippen molar-refractivity contribution >= 4 is 17.2 Å². The van der Waals surface area contributed by atoms with E-state index in [2.05, 4.69) is 10.5 Å². The average Bonchev–Trinajstić information content (AvgIpc) is 2.76. The maximum atomic E-state index is 13.8. The van der Waals surface area contributed by atoms with Crippen LogP contribution in [0.15, 0.2) is 36.3 Å². The Hall–Kier alpha value is -2.59. The number of nitrogens with two attached hydrogens (primary N) is 1. The molecule has 1 aliphatic rings. The molecule has 1 heterocycles. The maximum absolute atomic E-state index is 13.8. The van der Waals surface area contributed by atoms with E-state index in [4.69, 9.17) is 22.8 Å². The van der Waals surface area contributed by atoms with Crippen LogP contribution in [-0.4, -0.2) is 9.97 Å². The monoisotopic (exact) mass is 443 g/mol. The van der Waals surface area contributed by atoms with Gasteiger partial charge in [0.15, 0.2) is 23.3 Å². The number of hydrogen-bond donors (Lipinski definition) is 2. The SMILES string of the molecule is NC(=S)C1(c2cccnc2)CCCCC1=CNOCc1c(F)c(F)c(F)c(F)c1F. The van der Waals surface area contributed by atoms with Gasteiger partial charge >= 0.3 is 0 Å². The third kappa shape index (κ3) is 3.89. The number of nitrogens with zero attached hydrogens (tertiary/aromatic N) is 1. The van der Waals surface area contributed by atoms with Crippen molar-refractivity contribution in [3.63, 3.8) is 0 Å². The van der Waals surface area contributed by atoms with Gasteiger partial charge in [-0.05, 0) is 36.5 Å². The second-order valence-electron chi connectivity index (χ2n) is 6.84. The third-order valence-corrected chi connectivity index (χ3v) is 5.55. The van der Waals surface area contributed by atoms with Gasteiger partial charge in [-0.1, -0.05) is 24.7 Å². The molecule has 10 heteroatoms. The summed E-state index contributed by atoms with van der Waals surface area (Å²) in [4.78, 5) is 9.34. The van der Waals surface area contributed by atoms with Crippen LogP contribution in [0.1, 0.15) is 36.8 Å². The Labute approximate surface area is 174 Å². The lowest BCUT2D eigenvalue weighted by molar-refractivity contribution is 0.0515. The van der Waals surface area contributed by atoms with Crippen molar-refractivity contribution in [1.29, 1.82) is 0 Å². The van der Waals surface area contributed by atoms with Crippen molar-refractivity contribution in [3.05, 3.63) is 76.5 Å². The van der Waals surface area contributed by atoms with Gasteiger partial charge in [0.2, 0.25) is 5.82 Å². The maximum Gasteiger partial charge on any atom is 0.200 e. The van der Waals surface area contributed by atoms with Crippen LogP contribution in [0.5, 0.6) is 0 Å². The molecule has 1 fully saturated rings. The van der Waals surface area contributed by atoms with Crippen molar-refractivity contribution in [1.82, 2.24) is 10.5 Å². The summed E-state index contributed by atoms with van der Waals surface area (Å²) in [7, 11) is 0. The van der Waals surface area contributed by atoms with Crippen LogP contribution >= 0.6 is 12.2 Å². The van der Waals surface area contributed by atoms with E-state index in [9.17, 15) is 22.0 Å². The topological polar surface area (TPSA) is 60.2 Å². The molecule has 0 aliphatic heterocycles. The van der Waals surface area contributed by atoms with Gasteiger partial charge in [-0.2, -0.15) is 0 Å². The lowest BCUT2D eigenvalue weighted by atomic mass is 9.66. The molecule has 0 bridgehead atoms. The first-order chi connectivity index (χ1) is 14.3. The number of thiocarbonyl (C=S) groups is 1. The molecule has 0 amide bonds. The first-order valence-corrected chi connectivity index (χ1v) is 9.49. The standard InChI is InChI=1S/C20H18F5N3OS/c21-14-13(15(22)17(24)18(25)16(14)23)10-29-28-9-12-4-1-2-6-20(12,19(26)30)11-5-3-7-27-8-11/h3,5,7-9,28H,1-2,4,6,10H2,(H2,26,30). The molecule has 30 heavy (non-hydrogen) atoms. The van der Waals surface area contributed by atoms with Crippen molar-refractivity contribution in [2.45, 2.75) is 37.7 Å². The van der Waals surface area contributed by atoms with Gasteiger partial charge in [-0.15, -0.1) is 0 Å². The normalized spacial score (nSPS) is 20.4. The second kappa shape index (κ2) is 9.05. The largest absolute Gasteiger partial charge is 0.392 e. The molecule has 1 aromatic carbocycles. The zero-order chi connectivity index (χ0) is 21.9. The van der Waals surface area contributed by atoms with Crippen LogP contribution in [0.25, 0.3) is 0 Å². The predicted octanol–water partition coefficient (Wildman–Crippen LogP) is 4.48. The Morgan fingerprint density at radius 1 is 1.13 bits per heavy atom. The number of nitrogens with one attached hydrogen (secondary N) is 1. The van der Waals surface area contributed by atoms with Gasteiger partial charge in [0.05, 0.1) is 16.0 Å². The van der Waals surface area contributed by atoms with Crippen molar-refractivity contribution in [2.24, 2.45) is 5.73 Å². The molecule has 0 radical (unpaired) electrons. The molecule has 1 aromatic heterocycles. The van der Waals surface area contributed by atoms with Gasteiger partial charge in [-0.3, -0.25) is 15.3 Å². The molecule has 1 unspecified atom stereocenters. The van der Waals surface area contributed by atoms with Crippen molar-refractivity contribution < 1.29 is 26.8 Å².